The summed E-state index contributed by atoms with van der Waals surface area (Å²) in [6.07, 6.45) is 2.69. The number of hydrogen-bond donors (Lipinski definition) is 2. The van der Waals surface area contributed by atoms with Crippen LogP contribution in [0.3, 0.4) is 0 Å². The molecular formula is C19H19N5O3. The second-order valence-corrected chi connectivity index (χ2v) is 6.73. The number of nitrogens with one attached hydrogen (secondary N) is 2. The first-order valence-electron chi connectivity index (χ1n) is 8.68. The molecule has 0 fully saturated rings. The van der Waals surface area contributed by atoms with Crippen LogP contribution in [0.4, 0.5) is 11.4 Å². The van der Waals surface area contributed by atoms with Gasteiger partial charge in [0.05, 0.1) is 17.4 Å². The number of pyridine rings is 1. The lowest BCUT2D eigenvalue weighted by Gasteiger charge is -2.23. The monoisotopic (exact) mass is 365 g/mol. The van der Waals surface area contributed by atoms with E-state index in [2.05, 4.69) is 20.7 Å². The lowest BCUT2D eigenvalue weighted by Crippen LogP contribution is -2.34. The molecule has 3 heterocycles. The fraction of sp³-hybridized carbons (Fsp3) is 0.263. The zero-order valence-corrected chi connectivity index (χ0v) is 15.2. The molecule has 8 heteroatoms. The van der Waals surface area contributed by atoms with Gasteiger partial charge in [-0.2, -0.15) is 5.10 Å². The Morgan fingerprint density at radius 1 is 1.30 bits per heavy atom. The van der Waals surface area contributed by atoms with Gasteiger partial charge in [-0.05, 0) is 45.0 Å². The minimum absolute atomic E-state index is 0.185. The summed E-state index contributed by atoms with van der Waals surface area (Å²) in [7, 11) is 0. The standard InChI is InChI=1S/C19H19N5O3/c1-10(2)24-17-12(9-21-24)6-13(8-20-17)19(26)22-14-4-5-16-15(7-14)23-18(25)11(3)27-16/h4-11H,1-3H3,(H,22,26)(H,23,25)/t11-/m0/s1. The average molecular weight is 365 g/mol. The van der Waals surface area contributed by atoms with Crippen LogP contribution < -0.4 is 15.4 Å². The molecule has 1 aromatic carbocycles. The summed E-state index contributed by atoms with van der Waals surface area (Å²) in [5.74, 6) is 0.0603. The highest BCUT2D eigenvalue weighted by Crippen LogP contribution is 2.32. The highest BCUT2D eigenvalue weighted by atomic mass is 16.5. The van der Waals surface area contributed by atoms with E-state index >= 15 is 0 Å². The van der Waals surface area contributed by atoms with Crippen molar-refractivity contribution in [3.05, 3.63) is 42.2 Å². The van der Waals surface area contributed by atoms with Crippen molar-refractivity contribution in [3.63, 3.8) is 0 Å². The van der Waals surface area contributed by atoms with E-state index in [0.717, 1.165) is 11.0 Å². The number of ether oxygens (including phenoxy) is 1. The number of carbonyl (C=O) groups is 2. The number of amides is 2. The van der Waals surface area contributed by atoms with Gasteiger partial charge in [-0.25, -0.2) is 9.67 Å². The predicted molar refractivity (Wildman–Crippen MR) is 101 cm³/mol. The van der Waals surface area contributed by atoms with Gasteiger partial charge in [0, 0.05) is 23.3 Å². The summed E-state index contributed by atoms with van der Waals surface area (Å²) in [6, 6.07) is 7.05. The number of anilines is 2. The quantitative estimate of drug-likeness (QED) is 0.743. The van der Waals surface area contributed by atoms with E-state index in [1.807, 2.05) is 18.5 Å². The van der Waals surface area contributed by atoms with Crippen molar-refractivity contribution in [2.45, 2.75) is 32.9 Å². The first-order chi connectivity index (χ1) is 12.9. The summed E-state index contributed by atoms with van der Waals surface area (Å²) >= 11 is 0. The van der Waals surface area contributed by atoms with Gasteiger partial charge in [0.1, 0.15) is 5.75 Å². The number of nitrogens with zero attached hydrogens (tertiary/aromatic N) is 3. The zero-order valence-electron chi connectivity index (χ0n) is 15.2. The molecule has 27 heavy (non-hydrogen) atoms. The number of hydrogen-bond acceptors (Lipinski definition) is 5. The van der Waals surface area contributed by atoms with Crippen LogP contribution in [0, 0.1) is 0 Å². The lowest BCUT2D eigenvalue weighted by atomic mass is 10.2. The van der Waals surface area contributed by atoms with Crippen molar-refractivity contribution in [1.82, 2.24) is 14.8 Å². The van der Waals surface area contributed by atoms with Gasteiger partial charge in [0.2, 0.25) is 0 Å². The highest BCUT2D eigenvalue weighted by molar-refractivity contribution is 6.06. The van der Waals surface area contributed by atoms with E-state index in [-0.39, 0.29) is 17.9 Å². The van der Waals surface area contributed by atoms with Crippen LogP contribution in [0.5, 0.6) is 5.75 Å². The molecule has 1 aliphatic heterocycles. The fourth-order valence-corrected chi connectivity index (χ4v) is 2.93. The minimum Gasteiger partial charge on any atom is -0.479 e. The third-order valence-corrected chi connectivity index (χ3v) is 4.35. The van der Waals surface area contributed by atoms with Gasteiger partial charge in [-0.15, -0.1) is 0 Å². The number of benzene rings is 1. The van der Waals surface area contributed by atoms with Crippen LogP contribution in [0.25, 0.3) is 11.0 Å². The third-order valence-electron chi connectivity index (χ3n) is 4.35. The molecule has 0 bridgehead atoms. The maximum Gasteiger partial charge on any atom is 0.265 e. The number of rotatable bonds is 3. The van der Waals surface area contributed by atoms with Crippen molar-refractivity contribution in [2.24, 2.45) is 0 Å². The van der Waals surface area contributed by atoms with E-state index in [1.165, 1.54) is 6.20 Å². The summed E-state index contributed by atoms with van der Waals surface area (Å²) in [5.41, 5.74) is 2.25. The molecule has 2 N–H and O–H groups in total. The van der Waals surface area contributed by atoms with Crippen LogP contribution >= 0.6 is 0 Å². The van der Waals surface area contributed by atoms with E-state index in [1.54, 1.807) is 37.4 Å². The highest BCUT2D eigenvalue weighted by Gasteiger charge is 2.23. The number of fused-ring (bicyclic) bond motifs is 2. The normalized spacial score (nSPS) is 16.0. The topological polar surface area (TPSA) is 98.1 Å². The molecule has 0 unspecified atom stereocenters. The largest absolute Gasteiger partial charge is 0.479 e. The van der Waals surface area contributed by atoms with Gasteiger partial charge in [-0.1, -0.05) is 0 Å². The van der Waals surface area contributed by atoms with Crippen molar-refractivity contribution >= 4 is 34.2 Å². The molecule has 4 rings (SSSR count). The van der Waals surface area contributed by atoms with Crippen molar-refractivity contribution in [2.75, 3.05) is 10.6 Å². The van der Waals surface area contributed by atoms with E-state index < -0.39 is 6.10 Å². The predicted octanol–water partition coefficient (Wildman–Crippen LogP) is 2.98. The Morgan fingerprint density at radius 3 is 2.89 bits per heavy atom. The molecule has 1 aliphatic rings. The first kappa shape index (κ1) is 17.0. The fourth-order valence-electron chi connectivity index (χ4n) is 2.93. The van der Waals surface area contributed by atoms with Crippen molar-refractivity contribution in [3.8, 4) is 5.75 Å². The maximum absolute atomic E-state index is 12.6. The number of aromatic nitrogens is 3. The molecule has 0 radical (unpaired) electrons. The Morgan fingerprint density at radius 2 is 2.11 bits per heavy atom. The molecule has 2 aromatic heterocycles. The van der Waals surface area contributed by atoms with Crippen molar-refractivity contribution in [1.29, 1.82) is 0 Å². The minimum atomic E-state index is -0.539. The third kappa shape index (κ3) is 3.10. The summed E-state index contributed by atoms with van der Waals surface area (Å²) in [6.45, 7) is 5.72. The lowest BCUT2D eigenvalue weighted by molar-refractivity contribution is -0.122. The Bertz CT molecular complexity index is 1060. The molecule has 2 amide bonds. The molecule has 138 valence electrons. The van der Waals surface area contributed by atoms with Crippen LogP contribution in [-0.4, -0.2) is 32.7 Å². The Kier molecular flexibility index (Phi) is 4.02. The van der Waals surface area contributed by atoms with Gasteiger partial charge in [0.15, 0.2) is 11.8 Å². The van der Waals surface area contributed by atoms with Gasteiger partial charge < -0.3 is 15.4 Å². The SMILES string of the molecule is CC(C)n1ncc2cc(C(=O)Nc3ccc4c(c3)NC(=O)[C@H](C)O4)cnc21. The van der Waals surface area contributed by atoms with Gasteiger partial charge >= 0.3 is 0 Å². The molecule has 8 nitrogen and oxygen atoms in total. The van der Waals surface area contributed by atoms with Crippen LogP contribution in [0.2, 0.25) is 0 Å². The second-order valence-electron chi connectivity index (χ2n) is 6.73. The summed E-state index contributed by atoms with van der Waals surface area (Å²) in [4.78, 5) is 28.7. The maximum atomic E-state index is 12.6. The van der Waals surface area contributed by atoms with Crippen LogP contribution in [0.1, 0.15) is 37.2 Å². The van der Waals surface area contributed by atoms with E-state index in [4.69, 9.17) is 4.74 Å². The second kappa shape index (κ2) is 6.39. The molecule has 1 atom stereocenters. The molecule has 3 aromatic rings. The van der Waals surface area contributed by atoms with Crippen LogP contribution in [-0.2, 0) is 4.79 Å². The molecule has 0 saturated heterocycles. The molecule has 0 saturated carbocycles. The average Bonchev–Trinajstić information content (AvgIpc) is 3.06. The molecule has 0 spiro atoms. The summed E-state index contributed by atoms with van der Waals surface area (Å²) in [5, 5.41) is 10.7. The summed E-state index contributed by atoms with van der Waals surface area (Å²) < 4.78 is 7.32. The Labute approximate surface area is 155 Å². The van der Waals surface area contributed by atoms with Crippen molar-refractivity contribution < 1.29 is 14.3 Å². The van der Waals surface area contributed by atoms with E-state index in [9.17, 15) is 9.59 Å². The first-order valence-corrected chi connectivity index (χ1v) is 8.68. The van der Waals surface area contributed by atoms with Crippen LogP contribution in [0.15, 0.2) is 36.7 Å². The van der Waals surface area contributed by atoms with Gasteiger partial charge in [0.25, 0.3) is 11.8 Å². The zero-order chi connectivity index (χ0) is 19.1. The number of carbonyl (C=O) groups excluding carboxylic acids is 2. The smallest absolute Gasteiger partial charge is 0.265 e. The van der Waals surface area contributed by atoms with Gasteiger partial charge in [-0.3, -0.25) is 9.59 Å². The van der Waals surface area contributed by atoms with E-state index in [0.29, 0.717) is 22.7 Å². The molecular weight excluding hydrogens is 346 g/mol. The Balaban J connectivity index is 1.57. The molecule has 0 aliphatic carbocycles. The Hall–Kier alpha value is -3.42.